The third kappa shape index (κ3) is 3.15. The zero-order chi connectivity index (χ0) is 16.3. The Morgan fingerprint density at radius 1 is 1.13 bits per heavy atom. The molecule has 1 aromatic carbocycles. The number of rotatable bonds is 4. The lowest BCUT2D eigenvalue weighted by atomic mass is 9.95. The second-order valence-electron chi connectivity index (χ2n) is 5.64. The summed E-state index contributed by atoms with van der Waals surface area (Å²) in [7, 11) is -1.46. The molecule has 0 spiro atoms. The molecule has 1 unspecified atom stereocenters. The van der Waals surface area contributed by atoms with Crippen LogP contribution in [0.25, 0.3) is 5.57 Å². The lowest BCUT2D eigenvalue weighted by Crippen LogP contribution is -2.24. The average molecular weight is 328 g/mol. The van der Waals surface area contributed by atoms with Gasteiger partial charge in [-0.1, -0.05) is 24.3 Å². The van der Waals surface area contributed by atoms with Crippen molar-refractivity contribution in [3.05, 3.63) is 60.4 Å². The predicted molar refractivity (Wildman–Crippen MR) is 93.0 cm³/mol. The van der Waals surface area contributed by atoms with Crippen molar-refractivity contribution in [2.45, 2.75) is 29.4 Å². The van der Waals surface area contributed by atoms with Gasteiger partial charge >= 0.3 is 0 Å². The van der Waals surface area contributed by atoms with E-state index in [-0.39, 0.29) is 0 Å². The van der Waals surface area contributed by atoms with Crippen molar-refractivity contribution in [1.82, 2.24) is 4.98 Å². The van der Waals surface area contributed by atoms with Gasteiger partial charge in [-0.2, -0.15) is 0 Å². The molecule has 1 aromatic heterocycles. The number of sulfone groups is 1. The maximum absolute atomic E-state index is 12.9. The summed E-state index contributed by atoms with van der Waals surface area (Å²) in [6, 6.07) is 12.5. The van der Waals surface area contributed by atoms with E-state index in [9.17, 15) is 8.42 Å². The smallest absolute Gasteiger partial charge is 0.181 e. The van der Waals surface area contributed by atoms with Gasteiger partial charge in [0.1, 0.15) is 0 Å². The highest BCUT2D eigenvalue weighted by atomic mass is 32.2. The van der Waals surface area contributed by atoms with Gasteiger partial charge in [0.15, 0.2) is 9.84 Å². The molecule has 2 aromatic rings. The molecule has 0 bridgehead atoms. The van der Waals surface area contributed by atoms with Gasteiger partial charge < -0.3 is 5.32 Å². The standard InChI is InChI=1S/C18H20N2O2S/c1-19-17-11-6-12-20-18(17)14-7-5-10-16(13-14)23(21,22)15-8-3-2-4-9-15/h2-4,6-9,11-12,16,19H,5,10,13H2,1H3. The van der Waals surface area contributed by atoms with Gasteiger partial charge in [-0.15, -0.1) is 0 Å². The summed E-state index contributed by atoms with van der Waals surface area (Å²) in [5, 5.41) is 2.73. The summed E-state index contributed by atoms with van der Waals surface area (Å²) >= 11 is 0. The van der Waals surface area contributed by atoms with Gasteiger partial charge in [0.25, 0.3) is 0 Å². The maximum atomic E-state index is 12.9. The Labute approximate surface area is 137 Å². The first-order valence-corrected chi connectivity index (χ1v) is 9.28. The van der Waals surface area contributed by atoms with E-state index in [1.54, 1.807) is 30.5 Å². The van der Waals surface area contributed by atoms with E-state index in [4.69, 9.17) is 0 Å². The zero-order valence-electron chi connectivity index (χ0n) is 13.1. The number of hydrogen-bond donors (Lipinski definition) is 1. The van der Waals surface area contributed by atoms with Crippen molar-refractivity contribution in [2.75, 3.05) is 12.4 Å². The first-order valence-electron chi connectivity index (χ1n) is 7.74. The lowest BCUT2D eigenvalue weighted by molar-refractivity contribution is 0.569. The van der Waals surface area contributed by atoms with Crippen LogP contribution in [0, 0.1) is 0 Å². The summed E-state index contributed by atoms with van der Waals surface area (Å²) in [6.45, 7) is 0. The number of allylic oxidation sites excluding steroid dienone is 2. The minimum atomic E-state index is -3.31. The molecule has 1 heterocycles. The van der Waals surface area contributed by atoms with Crippen LogP contribution in [0.4, 0.5) is 5.69 Å². The molecule has 0 amide bonds. The molecule has 1 aliphatic rings. The molecular formula is C18H20N2O2S. The van der Waals surface area contributed by atoms with Crippen LogP contribution < -0.4 is 5.32 Å². The second-order valence-corrected chi connectivity index (χ2v) is 7.87. The number of nitrogens with one attached hydrogen (secondary N) is 1. The Kier molecular flexibility index (Phi) is 4.48. The highest BCUT2D eigenvalue weighted by molar-refractivity contribution is 7.92. The summed E-state index contributed by atoms with van der Waals surface area (Å²) in [6.07, 6.45) is 5.77. The van der Waals surface area contributed by atoms with Crippen LogP contribution in [0.15, 0.2) is 59.6 Å². The number of nitrogens with zero attached hydrogens (tertiary/aromatic N) is 1. The van der Waals surface area contributed by atoms with Crippen molar-refractivity contribution < 1.29 is 8.42 Å². The summed E-state index contributed by atoms with van der Waals surface area (Å²) in [5.74, 6) is 0. The fraction of sp³-hybridized carbons (Fsp3) is 0.278. The van der Waals surface area contributed by atoms with Crippen molar-refractivity contribution in [3.63, 3.8) is 0 Å². The quantitative estimate of drug-likeness (QED) is 0.933. The van der Waals surface area contributed by atoms with Crippen molar-refractivity contribution >= 4 is 21.1 Å². The Morgan fingerprint density at radius 3 is 2.65 bits per heavy atom. The number of anilines is 1. The zero-order valence-corrected chi connectivity index (χ0v) is 13.9. The molecule has 0 saturated heterocycles. The number of benzene rings is 1. The molecule has 4 nitrogen and oxygen atoms in total. The van der Waals surface area contributed by atoms with Crippen LogP contribution in [0.3, 0.4) is 0 Å². The number of aromatic nitrogens is 1. The topological polar surface area (TPSA) is 59.1 Å². The van der Waals surface area contributed by atoms with Crippen LogP contribution in [0.1, 0.15) is 25.0 Å². The fourth-order valence-corrected chi connectivity index (χ4v) is 4.76. The van der Waals surface area contributed by atoms with Gasteiger partial charge in [-0.25, -0.2) is 8.42 Å². The summed E-state index contributed by atoms with van der Waals surface area (Å²) in [4.78, 5) is 4.84. The highest BCUT2D eigenvalue weighted by Crippen LogP contribution is 2.34. The first-order chi connectivity index (χ1) is 11.1. The molecule has 0 fully saturated rings. The SMILES string of the molecule is CNc1cccnc1C1=CCCC(S(=O)(=O)c2ccccc2)C1. The molecule has 0 saturated carbocycles. The van der Waals surface area contributed by atoms with Gasteiger partial charge in [0.2, 0.25) is 0 Å². The third-order valence-corrected chi connectivity index (χ3v) is 6.43. The summed E-state index contributed by atoms with van der Waals surface area (Å²) < 4.78 is 25.7. The van der Waals surface area contributed by atoms with Crippen LogP contribution in [0.5, 0.6) is 0 Å². The first kappa shape index (κ1) is 15.7. The Balaban J connectivity index is 1.91. The molecule has 1 aliphatic carbocycles. The van der Waals surface area contributed by atoms with Crippen molar-refractivity contribution in [1.29, 1.82) is 0 Å². The largest absolute Gasteiger partial charge is 0.386 e. The molecular weight excluding hydrogens is 308 g/mol. The minimum Gasteiger partial charge on any atom is -0.386 e. The maximum Gasteiger partial charge on any atom is 0.181 e. The van der Waals surface area contributed by atoms with E-state index < -0.39 is 15.1 Å². The fourth-order valence-electron chi connectivity index (χ4n) is 3.00. The van der Waals surface area contributed by atoms with Gasteiger partial charge in [-0.05, 0) is 49.1 Å². The number of pyridine rings is 1. The molecule has 120 valence electrons. The van der Waals surface area contributed by atoms with E-state index in [0.29, 0.717) is 17.7 Å². The molecule has 0 aliphatic heterocycles. The average Bonchev–Trinajstić information content (AvgIpc) is 2.62. The second kappa shape index (κ2) is 6.54. The Bertz CT molecular complexity index is 814. The predicted octanol–water partition coefficient (Wildman–Crippen LogP) is 3.53. The third-order valence-electron chi connectivity index (χ3n) is 4.22. The van der Waals surface area contributed by atoms with E-state index in [1.807, 2.05) is 25.2 Å². The molecule has 0 radical (unpaired) electrons. The van der Waals surface area contributed by atoms with Gasteiger partial charge in [0, 0.05) is 13.2 Å². The van der Waals surface area contributed by atoms with Crippen molar-refractivity contribution in [3.8, 4) is 0 Å². The van der Waals surface area contributed by atoms with Gasteiger partial charge in [0.05, 0.1) is 21.5 Å². The van der Waals surface area contributed by atoms with Crippen LogP contribution >= 0.6 is 0 Å². The van der Waals surface area contributed by atoms with Crippen LogP contribution in [-0.4, -0.2) is 25.7 Å². The number of hydrogen-bond acceptors (Lipinski definition) is 4. The normalized spacial score (nSPS) is 18.3. The monoisotopic (exact) mass is 328 g/mol. The van der Waals surface area contributed by atoms with Crippen LogP contribution in [0.2, 0.25) is 0 Å². The van der Waals surface area contributed by atoms with E-state index in [1.165, 1.54) is 0 Å². The Morgan fingerprint density at radius 2 is 1.91 bits per heavy atom. The minimum absolute atomic E-state index is 0.392. The highest BCUT2D eigenvalue weighted by Gasteiger charge is 2.30. The van der Waals surface area contributed by atoms with E-state index >= 15 is 0 Å². The van der Waals surface area contributed by atoms with E-state index in [2.05, 4.69) is 16.4 Å². The van der Waals surface area contributed by atoms with Crippen LogP contribution in [-0.2, 0) is 9.84 Å². The molecule has 23 heavy (non-hydrogen) atoms. The van der Waals surface area contributed by atoms with Crippen molar-refractivity contribution in [2.24, 2.45) is 0 Å². The Hall–Kier alpha value is -2.14. The molecule has 1 atom stereocenters. The molecule has 5 heteroatoms. The molecule has 1 N–H and O–H groups in total. The van der Waals surface area contributed by atoms with Gasteiger partial charge in [-0.3, -0.25) is 4.98 Å². The van der Waals surface area contributed by atoms with E-state index in [0.717, 1.165) is 23.4 Å². The summed E-state index contributed by atoms with van der Waals surface area (Å²) in [5.41, 5.74) is 2.78. The molecule has 3 rings (SSSR count). The lowest BCUT2D eigenvalue weighted by Gasteiger charge is -2.23.